The molecule has 17 heavy (non-hydrogen) atoms. The van der Waals surface area contributed by atoms with Gasteiger partial charge in [-0.05, 0) is 38.6 Å². The van der Waals surface area contributed by atoms with Crippen molar-refractivity contribution in [3.63, 3.8) is 0 Å². The first-order valence-corrected chi connectivity index (χ1v) is 7.11. The van der Waals surface area contributed by atoms with Crippen LogP contribution in [0.2, 0.25) is 0 Å². The van der Waals surface area contributed by atoms with E-state index < -0.39 is 0 Å². The Hall–Kier alpha value is -0.590. The number of nitrogens with zero attached hydrogens (tertiary/aromatic N) is 2. The molecule has 1 heterocycles. The first-order valence-electron chi connectivity index (χ1n) is 7.11. The van der Waals surface area contributed by atoms with E-state index in [4.69, 9.17) is 0 Å². The van der Waals surface area contributed by atoms with Crippen molar-refractivity contribution >= 4 is 0 Å². The predicted molar refractivity (Wildman–Crippen MR) is 67.4 cm³/mol. The predicted octanol–water partition coefficient (Wildman–Crippen LogP) is 2.30. The molecule has 0 aromatic heterocycles. The van der Waals surface area contributed by atoms with Crippen LogP contribution in [0.3, 0.4) is 0 Å². The molecule has 2 fully saturated rings. The smallest absolute Gasteiger partial charge is 0.0977 e. The number of nitriles is 1. The Bertz CT molecular complexity index is 286. The molecule has 2 aliphatic rings. The number of aliphatic hydroxyl groups excluding tert-OH is 1. The molecule has 0 spiro atoms. The van der Waals surface area contributed by atoms with E-state index in [1.54, 1.807) is 0 Å². The van der Waals surface area contributed by atoms with Gasteiger partial charge >= 0.3 is 0 Å². The van der Waals surface area contributed by atoms with E-state index in [0.29, 0.717) is 12.0 Å². The molecule has 0 aromatic rings. The molecule has 4 unspecified atom stereocenters. The standard InChI is InChI=1S/C14H24N2O/c1-2-11(10-15)16-9-5-7-13(16)12-6-3-4-8-14(12)17/h11-14,17H,2-9H2,1H3. The summed E-state index contributed by atoms with van der Waals surface area (Å²) in [5.41, 5.74) is 0. The minimum atomic E-state index is -0.134. The lowest BCUT2D eigenvalue weighted by molar-refractivity contribution is 0.0159. The van der Waals surface area contributed by atoms with Crippen LogP contribution in [0.1, 0.15) is 51.9 Å². The third-order valence-corrected chi connectivity index (χ3v) is 4.55. The highest BCUT2D eigenvalue weighted by molar-refractivity contribution is 4.99. The SMILES string of the molecule is CCC(C#N)N1CCCC1C1CCCCC1O. The van der Waals surface area contributed by atoms with Crippen LogP contribution in [0.15, 0.2) is 0 Å². The Morgan fingerprint density at radius 2 is 2.06 bits per heavy atom. The summed E-state index contributed by atoms with van der Waals surface area (Å²) in [4.78, 5) is 2.36. The number of aliphatic hydroxyl groups is 1. The van der Waals surface area contributed by atoms with Gasteiger partial charge < -0.3 is 5.11 Å². The van der Waals surface area contributed by atoms with E-state index in [1.807, 2.05) is 0 Å². The molecular formula is C14H24N2O. The molecule has 1 aliphatic heterocycles. The Kier molecular flexibility index (Phi) is 4.42. The van der Waals surface area contributed by atoms with Gasteiger partial charge in [-0.1, -0.05) is 19.8 Å². The van der Waals surface area contributed by atoms with Crippen LogP contribution in [-0.2, 0) is 0 Å². The van der Waals surface area contributed by atoms with Crippen LogP contribution >= 0.6 is 0 Å². The molecule has 3 nitrogen and oxygen atoms in total. The van der Waals surface area contributed by atoms with Crippen LogP contribution in [0, 0.1) is 17.2 Å². The second-order valence-corrected chi connectivity index (χ2v) is 5.52. The zero-order chi connectivity index (χ0) is 12.3. The fourth-order valence-corrected chi connectivity index (χ4v) is 3.65. The first kappa shape index (κ1) is 12.9. The van der Waals surface area contributed by atoms with E-state index in [9.17, 15) is 10.4 Å². The molecular weight excluding hydrogens is 212 g/mol. The van der Waals surface area contributed by atoms with E-state index in [1.165, 1.54) is 25.7 Å². The van der Waals surface area contributed by atoms with Crippen molar-refractivity contribution in [2.24, 2.45) is 5.92 Å². The van der Waals surface area contributed by atoms with Crippen molar-refractivity contribution in [2.75, 3.05) is 6.54 Å². The lowest BCUT2D eigenvalue weighted by Crippen LogP contribution is -2.46. The molecule has 0 bridgehead atoms. The zero-order valence-electron chi connectivity index (χ0n) is 10.8. The second kappa shape index (κ2) is 5.84. The van der Waals surface area contributed by atoms with Crippen molar-refractivity contribution in [3.05, 3.63) is 0 Å². The highest BCUT2D eigenvalue weighted by atomic mass is 16.3. The summed E-state index contributed by atoms with van der Waals surface area (Å²) in [6.45, 7) is 3.13. The number of rotatable bonds is 3. The molecule has 0 aromatic carbocycles. The number of hydrogen-bond acceptors (Lipinski definition) is 3. The lowest BCUT2D eigenvalue weighted by atomic mass is 9.80. The number of hydrogen-bond donors (Lipinski definition) is 1. The molecule has 3 heteroatoms. The van der Waals surface area contributed by atoms with Gasteiger partial charge in [0.2, 0.25) is 0 Å². The van der Waals surface area contributed by atoms with Gasteiger partial charge in [0.15, 0.2) is 0 Å². The topological polar surface area (TPSA) is 47.3 Å². The van der Waals surface area contributed by atoms with Crippen LogP contribution in [0.5, 0.6) is 0 Å². The quantitative estimate of drug-likeness (QED) is 0.818. The fourth-order valence-electron chi connectivity index (χ4n) is 3.65. The van der Waals surface area contributed by atoms with E-state index in [-0.39, 0.29) is 12.1 Å². The van der Waals surface area contributed by atoms with Gasteiger partial charge in [0.1, 0.15) is 0 Å². The Balaban J connectivity index is 2.05. The van der Waals surface area contributed by atoms with Crippen LogP contribution < -0.4 is 0 Å². The van der Waals surface area contributed by atoms with Gasteiger partial charge in [-0.3, -0.25) is 4.90 Å². The van der Waals surface area contributed by atoms with E-state index >= 15 is 0 Å². The summed E-state index contributed by atoms with van der Waals surface area (Å²) < 4.78 is 0. The van der Waals surface area contributed by atoms with Gasteiger partial charge in [-0.2, -0.15) is 5.26 Å². The maximum absolute atomic E-state index is 10.2. The van der Waals surface area contributed by atoms with Crippen LogP contribution in [0.25, 0.3) is 0 Å². The summed E-state index contributed by atoms with van der Waals surface area (Å²) in [7, 11) is 0. The van der Waals surface area contributed by atoms with Crippen molar-refractivity contribution in [1.82, 2.24) is 4.90 Å². The first-order chi connectivity index (χ1) is 8.27. The van der Waals surface area contributed by atoms with Crippen LogP contribution in [0.4, 0.5) is 0 Å². The molecule has 0 amide bonds. The average Bonchev–Trinajstić information content (AvgIpc) is 2.80. The van der Waals surface area contributed by atoms with Gasteiger partial charge in [0.05, 0.1) is 18.2 Å². The molecule has 1 saturated carbocycles. The third kappa shape index (κ3) is 2.64. The van der Waals surface area contributed by atoms with Gasteiger partial charge in [0.25, 0.3) is 0 Å². The summed E-state index contributed by atoms with van der Waals surface area (Å²) >= 11 is 0. The second-order valence-electron chi connectivity index (χ2n) is 5.52. The normalized spacial score (nSPS) is 36.6. The summed E-state index contributed by atoms with van der Waals surface area (Å²) in [5, 5.41) is 19.4. The molecule has 2 rings (SSSR count). The highest BCUT2D eigenvalue weighted by Gasteiger charge is 2.39. The minimum absolute atomic E-state index is 0.0524. The monoisotopic (exact) mass is 236 g/mol. The Morgan fingerprint density at radius 3 is 2.71 bits per heavy atom. The Labute approximate surface area is 104 Å². The average molecular weight is 236 g/mol. The summed E-state index contributed by atoms with van der Waals surface area (Å²) in [5.74, 6) is 0.411. The molecule has 4 atom stereocenters. The lowest BCUT2D eigenvalue weighted by Gasteiger charge is -2.38. The third-order valence-electron chi connectivity index (χ3n) is 4.55. The molecule has 96 valence electrons. The largest absolute Gasteiger partial charge is 0.393 e. The Morgan fingerprint density at radius 1 is 1.29 bits per heavy atom. The van der Waals surface area contributed by atoms with Crippen molar-refractivity contribution in [1.29, 1.82) is 5.26 Å². The number of likely N-dealkylation sites (tertiary alicyclic amines) is 1. The van der Waals surface area contributed by atoms with Crippen LogP contribution in [-0.4, -0.2) is 34.7 Å². The highest BCUT2D eigenvalue weighted by Crippen LogP contribution is 2.35. The summed E-state index contributed by atoms with van der Waals surface area (Å²) in [6, 6.07) is 2.93. The van der Waals surface area contributed by atoms with Gasteiger partial charge in [0, 0.05) is 12.0 Å². The minimum Gasteiger partial charge on any atom is -0.393 e. The van der Waals surface area contributed by atoms with Crippen molar-refractivity contribution in [2.45, 2.75) is 70.1 Å². The fraction of sp³-hybridized carbons (Fsp3) is 0.929. The van der Waals surface area contributed by atoms with E-state index in [0.717, 1.165) is 25.8 Å². The molecule has 1 saturated heterocycles. The maximum Gasteiger partial charge on any atom is 0.0977 e. The molecule has 1 N–H and O–H groups in total. The maximum atomic E-state index is 10.2. The molecule has 0 radical (unpaired) electrons. The summed E-state index contributed by atoms with van der Waals surface area (Å²) in [6.07, 6.45) is 7.63. The van der Waals surface area contributed by atoms with Gasteiger partial charge in [-0.25, -0.2) is 0 Å². The van der Waals surface area contributed by atoms with Crippen molar-refractivity contribution < 1.29 is 5.11 Å². The van der Waals surface area contributed by atoms with Gasteiger partial charge in [-0.15, -0.1) is 0 Å². The van der Waals surface area contributed by atoms with E-state index in [2.05, 4.69) is 17.9 Å². The molecule has 1 aliphatic carbocycles. The van der Waals surface area contributed by atoms with Crippen molar-refractivity contribution in [3.8, 4) is 6.07 Å². The zero-order valence-corrected chi connectivity index (χ0v) is 10.8.